The highest BCUT2D eigenvalue weighted by Gasteiger charge is 2.17. The topological polar surface area (TPSA) is 55.6 Å². The number of piperidine rings is 1. The lowest BCUT2D eigenvalue weighted by Gasteiger charge is -2.21. The van der Waals surface area contributed by atoms with E-state index in [-0.39, 0.29) is 0 Å². The van der Waals surface area contributed by atoms with E-state index in [1.165, 1.54) is 18.4 Å². The van der Waals surface area contributed by atoms with Crippen molar-refractivity contribution in [3.63, 3.8) is 0 Å². The van der Waals surface area contributed by atoms with E-state index in [0.29, 0.717) is 11.9 Å². The molecule has 0 radical (unpaired) electrons. The molecule has 0 atom stereocenters. The lowest BCUT2D eigenvalue weighted by atomic mass is 9.93. The maximum Gasteiger partial charge on any atom is 0.250 e. The van der Waals surface area contributed by atoms with Crippen molar-refractivity contribution in [3.05, 3.63) is 36.4 Å². The predicted octanol–water partition coefficient (Wildman–Crippen LogP) is 1.13. The van der Waals surface area contributed by atoms with Crippen molar-refractivity contribution in [2.24, 2.45) is 0 Å². The normalized spacial score (nSPS) is 17.2. The second-order valence-corrected chi connectivity index (χ2v) is 4.29. The van der Waals surface area contributed by atoms with E-state index >= 15 is 0 Å². The minimum atomic E-state index is 0.619. The molecule has 0 spiro atoms. The van der Waals surface area contributed by atoms with Gasteiger partial charge in [0.15, 0.2) is 0 Å². The number of hydrogen-bond acceptors (Lipinski definition) is 4. The van der Waals surface area contributed by atoms with E-state index in [1.807, 2.05) is 12.4 Å². The fourth-order valence-electron chi connectivity index (χ4n) is 2.22. The molecule has 1 fully saturated rings. The fourth-order valence-corrected chi connectivity index (χ4v) is 2.22. The zero-order valence-electron chi connectivity index (χ0n) is 9.58. The van der Waals surface area contributed by atoms with Gasteiger partial charge in [-0.3, -0.25) is 0 Å². The average molecular weight is 229 g/mol. The van der Waals surface area contributed by atoms with E-state index in [9.17, 15) is 0 Å². The van der Waals surface area contributed by atoms with Crippen LogP contribution in [0.15, 0.2) is 30.9 Å². The Labute approximate surface area is 99.9 Å². The van der Waals surface area contributed by atoms with Gasteiger partial charge in [-0.05, 0) is 43.5 Å². The summed E-state index contributed by atoms with van der Waals surface area (Å²) in [5.74, 6) is 1.25. The van der Waals surface area contributed by atoms with Gasteiger partial charge in [-0.25, -0.2) is 14.6 Å². The van der Waals surface area contributed by atoms with Gasteiger partial charge in [-0.1, -0.05) is 0 Å². The van der Waals surface area contributed by atoms with E-state index in [4.69, 9.17) is 0 Å². The maximum atomic E-state index is 4.33. The number of aromatic nitrogens is 4. The van der Waals surface area contributed by atoms with Crippen LogP contribution in [0.2, 0.25) is 0 Å². The van der Waals surface area contributed by atoms with Crippen LogP contribution in [0.5, 0.6) is 0 Å². The quantitative estimate of drug-likeness (QED) is 0.838. The summed E-state index contributed by atoms with van der Waals surface area (Å²) >= 11 is 0. The highest BCUT2D eigenvalue weighted by Crippen LogP contribution is 2.24. The van der Waals surface area contributed by atoms with Gasteiger partial charge in [-0.15, -0.1) is 0 Å². The second kappa shape index (κ2) is 4.63. The molecule has 0 unspecified atom stereocenters. The first-order valence-corrected chi connectivity index (χ1v) is 5.96. The Morgan fingerprint density at radius 3 is 2.71 bits per heavy atom. The lowest BCUT2D eigenvalue weighted by molar-refractivity contribution is 0.460. The maximum absolute atomic E-state index is 4.33. The lowest BCUT2D eigenvalue weighted by Crippen LogP contribution is -2.26. The van der Waals surface area contributed by atoms with Gasteiger partial charge < -0.3 is 5.32 Å². The third kappa shape index (κ3) is 2.19. The SMILES string of the molecule is c1cnc(-n2cc(C3CCNCC3)cn2)nc1. The average Bonchev–Trinajstić information content (AvgIpc) is 2.90. The standard InChI is InChI=1S/C12H15N5/c1-4-14-12(15-5-1)17-9-11(8-16-17)10-2-6-13-7-3-10/h1,4-5,8-10,13H,2-3,6-7H2. The zero-order chi connectivity index (χ0) is 11.5. The molecule has 0 aromatic carbocycles. The summed E-state index contributed by atoms with van der Waals surface area (Å²) < 4.78 is 1.75. The molecule has 5 heteroatoms. The minimum absolute atomic E-state index is 0.619. The molecular formula is C12H15N5. The number of nitrogens with one attached hydrogen (secondary N) is 1. The third-order valence-electron chi connectivity index (χ3n) is 3.17. The van der Waals surface area contributed by atoms with Gasteiger partial charge >= 0.3 is 0 Å². The van der Waals surface area contributed by atoms with E-state index in [2.05, 4.69) is 20.4 Å². The highest BCUT2D eigenvalue weighted by atomic mass is 15.3. The Morgan fingerprint density at radius 2 is 1.94 bits per heavy atom. The molecule has 2 aromatic heterocycles. The molecular weight excluding hydrogens is 214 g/mol. The van der Waals surface area contributed by atoms with E-state index in [1.54, 1.807) is 23.1 Å². The van der Waals surface area contributed by atoms with Gasteiger partial charge in [-0.2, -0.15) is 5.10 Å². The molecule has 0 saturated carbocycles. The molecule has 0 bridgehead atoms. The first kappa shape index (κ1) is 10.4. The molecule has 3 rings (SSSR count). The van der Waals surface area contributed by atoms with Crippen LogP contribution in [-0.4, -0.2) is 32.8 Å². The van der Waals surface area contributed by atoms with Gasteiger partial charge in [0.05, 0.1) is 6.20 Å². The molecule has 1 saturated heterocycles. The van der Waals surface area contributed by atoms with Crippen LogP contribution < -0.4 is 5.32 Å². The summed E-state index contributed by atoms with van der Waals surface area (Å²) in [6.45, 7) is 2.19. The number of hydrogen-bond donors (Lipinski definition) is 1. The Balaban J connectivity index is 1.83. The molecule has 5 nitrogen and oxygen atoms in total. The Kier molecular flexibility index (Phi) is 2.83. The second-order valence-electron chi connectivity index (χ2n) is 4.29. The van der Waals surface area contributed by atoms with Gasteiger partial charge in [0.2, 0.25) is 5.95 Å². The predicted molar refractivity (Wildman–Crippen MR) is 64.0 cm³/mol. The van der Waals surface area contributed by atoms with E-state index < -0.39 is 0 Å². The van der Waals surface area contributed by atoms with Crippen molar-refractivity contribution in [2.75, 3.05) is 13.1 Å². The minimum Gasteiger partial charge on any atom is -0.317 e. The zero-order valence-corrected chi connectivity index (χ0v) is 9.58. The third-order valence-corrected chi connectivity index (χ3v) is 3.17. The Morgan fingerprint density at radius 1 is 1.18 bits per heavy atom. The largest absolute Gasteiger partial charge is 0.317 e. The summed E-state index contributed by atoms with van der Waals surface area (Å²) in [7, 11) is 0. The van der Waals surface area contributed by atoms with Crippen LogP contribution in [-0.2, 0) is 0 Å². The fraction of sp³-hybridized carbons (Fsp3) is 0.417. The number of rotatable bonds is 2. The van der Waals surface area contributed by atoms with Gasteiger partial charge in [0, 0.05) is 18.6 Å². The van der Waals surface area contributed by atoms with Gasteiger partial charge in [0.1, 0.15) is 0 Å². The Bertz CT molecular complexity index is 473. The highest BCUT2D eigenvalue weighted by molar-refractivity contribution is 5.18. The first-order chi connectivity index (χ1) is 8.43. The van der Waals surface area contributed by atoms with Crippen LogP contribution in [0.4, 0.5) is 0 Å². The van der Waals surface area contributed by atoms with Crippen LogP contribution >= 0.6 is 0 Å². The van der Waals surface area contributed by atoms with Crippen molar-refractivity contribution in [3.8, 4) is 5.95 Å². The molecule has 0 aliphatic carbocycles. The Hall–Kier alpha value is -1.75. The summed E-state index contributed by atoms with van der Waals surface area (Å²) in [5, 5.41) is 7.70. The summed E-state index contributed by atoms with van der Waals surface area (Å²) in [4.78, 5) is 8.37. The molecule has 1 aliphatic rings. The number of nitrogens with zero attached hydrogens (tertiary/aromatic N) is 4. The van der Waals surface area contributed by atoms with Crippen molar-refractivity contribution in [1.29, 1.82) is 0 Å². The first-order valence-electron chi connectivity index (χ1n) is 5.96. The van der Waals surface area contributed by atoms with Crippen molar-refractivity contribution in [2.45, 2.75) is 18.8 Å². The monoisotopic (exact) mass is 229 g/mol. The van der Waals surface area contributed by atoms with Crippen LogP contribution in [0.3, 0.4) is 0 Å². The molecule has 3 heterocycles. The van der Waals surface area contributed by atoms with Gasteiger partial charge in [0.25, 0.3) is 0 Å². The smallest absolute Gasteiger partial charge is 0.250 e. The summed E-state index contributed by atoms with van der Waals surface area (Å²) in [6.07, 6.45) is 9.81. The molecule has 1 aliphatic heterocycles. The van der Waals surface area contributed by atoms with Crippen molar-refractivity contribution < 1.29 is 0 Å². The van der Waals surface area contributed by atoms with Crippen molar-refractivity contribution in [1.82, 2.24) is 25.1 Å². The molecule has 17 heavy (non-hydrogen) atoms. The van der Waals surface area contributed by atoms with Crippen LogP contribution in [0, 0.1) is 0 Å². The summed E-state index contributed by atoms with van der Waals surface area (Å²) in [6, 6.07) is 1.81. The van der Waals surface area contributed by atoms with Crippen LogP contribution in [0.25, 0.3) is 5.95 Å². The van der Waals surface area contributed by atoms with Crippen molar-refractivity contribution >= 4 is 0 Å². The molecule has 0 amide bonds. The molecule has 88 valence electrons. The van der Waals surface area contributed by atoms with Crippen LogP contribution in [0.1, 0.15) is 24.3 Å². The summed E-state index contributed by atoms with van der Waals surface area (Å²) in [5.41, 5.74) is 1.29. The van der Waals surface area contributed by atoms with E-state index in [0.717, 1.165) is 13.1 Å². The molecule has 1 N–H and O–H groups in total. The molecule has 2 aromatic rings.